The molecule has 2 atom stereocenters. The van der Waals surface area contributed by atoms with Crippen LogP contribution in [0, 0.1) is 5.92 Å². The Morgan fingerprint density at radius 1 is 1.31 bits per heavy atom. The van der Waals surface area contributed by atoms with Gasteiger partial charge in [0.1, 0.15) is 12.3 Å². The molecular weight excluding hydrogens is 334 g/mol. The molecule has 2 N–H and O–H groups in total. The van der Waals surface area contributed by atoms with Gasteiger partial charge in [-0.1, -0.05) is 24.3 Å². The second kappa shape index (κ2) is 8.25. The molecule has 7 heteroatoms. The van der Waals surface area contributed by atoms with Crippen LogP contribution in [-0.4, -0.2) is 66.3 Å². The summed E-state index contributed by atoms with van der Waals surface area (Å²) < 4.78 is 4.83. The van der Waals surface area contributed by atoms with Gasteiger partial charge in [0.15, 0.2) is 0 Å². The molecule has 26 heavy (non-hydrogen) atoms. The van der Waals surface area contributed by atoms with E-state index in [4.69, 9.17) is 4.74 Å². The molecule has 2 amide bonds. The quantitative estimate of drug-likeness (QED) is 0.827. The first-order chi connectivity index (χ1) is 12.6. The highest BCUT2D eigenvalue weighted by atomic mass is 16.5. The first kappa shape index (κ1) is 18.3. The number of hydrogen-bond acceptors (Lipinski definition) is 5. The number of aromatic nitrogens is 1. The van der Waals surface area contributed by atoms with Gasteiger partial charge in [-0.05, 0) is 18.6 Å². The summed E-state index contributed by atoms with van der Waals surface area (Å²) in [5.74, 6) is -0.503. The lowest BCUT2D eigenvalue weighted by Crippen LogP contribution is -2.55. The number of para-hydroxylation sites is 1. The van der Waals surface area contributed by atoms with Gasteiger partial charge < -0.3 is 20.1 Å². The number of aliphatic hydroxyl groups excluding tert-OH is 1. The molecule has 1 aliphatic heterocycles. The zero-order chi connectivity index (χ0) is 18.5. The van der Waals surface area contributed by atoms with Crippen LogP contribution in [0.2, 0.25) is 0 Å². The molecule has 0 bridgehead atoms. The SMILES string of the molecule is COCC(=O)N[C@@H]1CN(C(=O)c2ccc3ccccc3n2)CC[C@@H]1CO. The van der Waals surface area contributed by atoms with Crippen LogP contribution in [0.1, 0.15) is 16.9 Å². The van der Waals surface area contributed by atoms with Crippen molar-refractivity contribution in [3.8, 4) is 0 Å². The van der Waals surface area contributed by atoms with Gasteiger partial charge in [-0.2, -0.15) is 0 Å². The third-order valence-corrected chi connectivity index (χ3v) is 4.72. The topological polar surface area (TPSA) is 91.8 Å². The minimum atomic E-state index is -0.305. The smallest absolute Gasteiger partial charge is 0.272 e. The van der Waals surface area contributed by atoms with Gasteiger partial charge in [0.25, 0.3) is 5.91 Å². The van der Waals surface area contributed by atoms with Crippen LogP contribution in [0.25, 0.3) is 10.9 Å². The second-order valence-electron chi connectivity index (χ2n) is 6.48. The van der Waals surface area contributed by atoms with Crippen LogP contribution in [0.3, 0.4) is 0 Å². The van der Waals surface area contributed by atoms with Crippen molar-refractivity contribution in [1.82, 2.24) is 15.2 Å². The Bertz CT molecular complexity index is 795. The van der Waals surface area contributed by atoms with Gasteiger partial charge in [-0.3, -0.25) is 9.59 Å². The highest BCUT2D eigenvalue weighted by molar-refractivity contribution is 5.95. The first-order valence-corrected chi connectivity index (χ1v) is 8.66. The van der Waals surface area contributed by atoms with Gasteiger partial charge in [-0.15, -0.1) is 0 Å². The third-order valence-electron chi connectivity index (χ3n) is 4.72. The summed E-state index contributed by atoms with van der Waals surface area (Å²) in [5.41, 5.74) is 1.15. The Hall–Kier alpha value is -2.51. The number of methoxy groups -OCH3 is 1. The number of piperidine rings is 1. The summed E-state index contributed by atoms with van der Waals surface area (Å²) in [4.78, 5) is 30.8. The van der Waals surface area contributed by atoms with Crippen molar-refractivity contribution < 1.29 is 19.4 Å². The number of nitrogens with one attached hydrogen (secondary N) is 1. The summed E-state index contributed by atoms with van der Waals surface area (Å²) in [7, 11) is 1.45. The molecule has 1 aromatic carbocycles. The molecule has 0 aliphatic carbocycles. The summed E-state index contributed by atoms with van der Waals surface area (Å²) >= 11 is 0. The minimum absolute atomic E-state index is 0.0335. The molecule has 0 spiro atoms. The third kappa shape index (κ3) is 4.00. The number of carbonyl (C=O) groups excluding carboxylic acids is 2. The maximum Gasteiger partial charge on any atom is 0.272 e. The summed E-state index contributed by atoms with van der Waals surface area (Å²) in [6.07, 6.45) is 0.619. The van der Waals surface area contributed by atoms with Crippen molar-refractivity contribution in [2.24, 2.45) is 5.92 Å². The molecule has 0 saturated carbocycles. The standard InChI is InChI=1S/C19H23N3O4/c1-26-12-18(24)21-17-10-22(9-8-14(17)11-23)19(25)16-7-6-13-4-2-3-5-15(13)20-16/h2-7,14,17,23H,8-12H2,1H3,(H,21,24)/t14-,17-/m1/s1. The fourth-order valence-electron chi connectivity index (χ4n) is 3.29. The lowest BCUT2D eigenvalue weighted by atomic mass is 9.92. The molecule has 1 aliphatic rings. The largest absolute Gasteiger partial charge is 0.396 e. The molecule has 2 aromatic rings. The molecule has 1 aromatic heterocycles. The molecule has 1 fully saturated rings. The predicted molar refractivity (Wildman–Crippen MR) is 96.6 cm³/mol. The van der Waals surface area contributed by atoms with E-state index in [1.165, 1.54) is 7.11 Å². The number of carbonyl (C=O) groups is 2. The Morgan fingerprint density at radius 2 is 2.12 bits per heavy atom. The van der Waals surface area contributed by atoms with Crippen LogP contribution >= 0.6 is 0 Å². The van der Waals surface area contributed by atoms with E-state index in [1.54, 1.807) is 11.0 Å². The van der Waals surface area contributed by atoms with Crippen molar-refractivity contribution >= 4 is 22.7 Å². The van der Waals surface area contributed by atoms with E-state index < -0.39 is 0 Å². The number of amides is 2. The average molecular weight is 357 g/mol. The Labute approximate surface area is 152 Å². The number of nitrogens with zero attached hydrogens (tertiary/aromatic N) is 2. The van der Waals surface area contributed by atoms with Crippen molar-refractivity contribution in [2.75, 3.05) is 33.4 Å². The molecule has 1 saturated heterocycles. The number of hydrogen-bond donors (Lipinski definition) is 2. The molecule has 138 valence electrons. The molecule has 0 radical (unpaired) electrons. The number of benzene rings is 1. The van der Waals surface area contributed by atoms with E-state index in [0.29, 0.717) is 25.2 Å². The minimum Gasteiger partial charge on any atom is -0.396 e. The first-order valence-electron chi connectivity index (χ1n) is 8.66. The highest BCUT2D eigenvalue weighted by Crippen LogP contribution is 2.20. The number of ether oxygens (including phenoxy) is 1. The van der Waals surface area contributed by atoms with E-state index in [0.717, 1.165) is 10.9 Å². The Kier molecular flexibility index (Phi) is 5.80. The zero-order valence-corrected chi connectivity index (χ0v) is 14.7. The van der Waals surface area contributed by atoms with Crippen LogP contribution in [0.15, 0.2) is 36.4 Å². The van der Waals surface area contributed by atoms with Crippen molar-refractivity contribution in [3.63, 3.8) is 0 Å². The van der Waals surface area contributed by atoms with Crippen LogP contribution in [0.5, 0.6) is 0 Å². The Balaban J connectivity index is 1.74. The molecular formula is C19H23N3O4. The van der Waals surface area contributed by atoms with Gasteiger partial charge in [0.05, 0.1) is 11.6 Å². The lowest BCUT2D eigenvalue weighted by Gasteiger charge is -2.38. The van der Waals surface area contributed by atoms with E-state index in [2.05, 4.69) is 10.3 Å². The number of pyridine rings is 1. The van der Waals surface area contributed by atoms with Crippen LogP contribution < -0.4 is 5.32 Å². The maximum atomic E-state index is 12.9. The van der Waals surface area contributed by atoms with Gasteiger partial charge in [0.2, 0.25) is 5.91 Å². The summed E-state index contributed by atoms with van der Waals surface area (Å²) in [6.45, 7) is 0.784. The number of aliphatic hydroxyl groups is 1. The van der Waals surface area contributed by atoms with E-state index in [9.17, 15) is 14.7 Å². The lowest BCUT2D eigenvalue weighted by molar-refractivity contribution is -0.126. The van der Waals surface area contributed by atoms with Gasteiger partial charge in [-0.25, -0.2) is 4.98 Å². The summed E-state index contributed by atoms with van der Waals surface area (Å²) in [6, 6.07) is 10.9. The fourth-order valence-corrected chi connectivity index (χ4v) is 3.29. The van der Waals surface area contributed by atoms with Crippen molar-refractivity contribution in [1.29, 1.82) is 0 Å². The molecule has 3 rings (SSSR count). The van der Waals surface area contributed by atoms with Crippen LogP contribution in [-0.2, 0) is 9.53 Å². The van der Waals surface area contributed by atoms with E-state index in [-0.39, 0.29) is 37.0 Å². The summed E-state index contributed by atoms with van der Waals surface area (Å²) in [5, 5.41) is 13.4. The normalized spacial score (nSPS) is 20.2. The van der Waals surface area contributed by atoms with Gasteiger partial charge in [0, 0.05) is 38.1 Å². The van der Waals surface area contributed by atoms with Gasteiger partial charge >= 0.3 is 0 Å². The second-order valence-corrected chi connectivity index (χ2v) is 6.48. The number of rotatable bonds is 5. The molecule has 7 nitrogen and oxygen atoms in total. The monoisotopic (exact) mass is 357 g/mol. The number of likely N-dealkylation sites (tertiary alicyclic amines) is 1. The predicted octanol–water partition coefficient (Wildman–Crippen LogP) is 0.820. The van der Waals surface area contributed by atoms with Crippen LogP contribution in [0.4, 0.5) is 0 Å². The zero-order valence-electron chi connectivity index (χ0n) is 14.7. The number of fused-ring (bicyclic) bond motifs is 1. The average Bonchev–Trinajstić information content (AvgIpc) is 2.67. The maximum absolute atomic E-state index is 12.9. The Morgan fingerprint density at radius 3 is 2.88 bits per heavy atom. The van der Waals surface area contributed by atoms with E-state index >= 15 is 0 Å². The molecule has 0 unspecified atom stereocenters. The fraction of sp³-hybridized carbons (Fsp3) is 0.421. The molecule has 2 heterocycles. The van der Waals surface area contributed by atoms with Crippen molar-refractivity contribution in [3.05, 3.63) is 42.1 Å². The van der Waals surface area contributed by atoms with Crippen molar-refractivity contribution in [2.45, 2.75) is 12.5 Å². The highest BCUT2D eigenvalue weighted by Gasteiger charge is 2.32. The van der Waals surface area contributed by atoms with E-state index in [1.807, 2.05) is 30.3 Å².